The number of sulfonamides is 1. The van der Waals surface area contributed by atoms with Crippen molar-refractivity contribution in [1.82, 2.24) is 10.2 Å². The maximum absolute atomic E-state index is 13.9. The Morgan fingerprint density at radius 2 is 1.59 bits per heavy atom. The summed E-state index contributed by atoms with van der Waals surface area (Å²) in [5.41, 5.74) is 3.34. The van der Waals surface area contributed by atoms with Crippen LogP contribution in [0.15, 0.2) is 83.8 Å². The fourth-order valence-corrected chi connectivity index (χ4v) is 5.71. The number of carbonyl (C=O) groups excluding carboxylic acids is 2. The number of nitrogens with zero attached hydrogens (tertiary/aromatic N) is 2. The van der Waals surface area contributed by atoms with Crippen LogP contribution in [0.3, 0.4) is 0 Å². The van der Waals surface area contributed by atoms with E-state index in [4.69, 9.17) is 0 Å². The van der Waals surface area contributed by atoms with Crippen molar-refractivity contribution < 1.29 is 18.0 Å². The second-order valence-corrected chi connectivity index (χ2v) is 11.5. The molecule has 0 saturated carbocycles. The Labute approximate surface area is 232 Å². The van der Waals surface area contributed by atoms with E-state index in [1.165, 1.54) is 17.0 Å². The van der Waals surface area contributed by atoms with Gasteiger partial charge in [-0.25, -0.2) is 8.42 Å². The molecule has 1 N–H and O–H groups in total. The van der Waals surface area contributed by atoms with Crippen LogP contribution in [0.1, 0.15) is 50.3 Å². The van der Waals surface area contributed by atoms with Crippen molar-refractivity contribution in [3.63, 3.8) is 0 Å². The van der Waals surface area contributed by atoms with Crippen LogP contribution in [0.25, 0.3) is 0 Å². The van der Waals surface area contributed by atoms with E-state index >= 15 is 0 Å². The van der Waals surface area contributed by atoms with Crippen LogP contribution in [0, 0.1) is 6.92 Å². The third-order valence-electron chi connectivity index (χ3n) is 6.67. The molecule has 7 nitrogen and oxygen atoms in total. The summed E-state index contributed by atoms with van der Waals surface area (Å²) in [7, 11) is -4.06. The van der Waals surface area contributed by atoms with Crippen molar-refractivity contribution in [2.45, 2.75) is 64.4 Å². The predicted octanol–water partition coefficient (Wildman–Crippen LogP) is 5.09. The zero-order chi connectivity index (χ0) is 28.4. The molecule has 3 aromatic rings. The van der Waals surface area contributed by atoms with Crippen LogP contribution >= 0.6 is 0 Å². The van der Waals surface area contributed by atoms with E-state index in [0.29, 0.717) is 12.2 Å². The first kappa shape index (κ1) is 29.9. The number of benzene rings is 3. The first-order chi connectivity index (χ1) is 18.7. The van der Waals surface area contributed by atoms with Gasteiger partial charge in [0.05, 0.1) is 10.6 Å². The first-order valence-corrected chi connectivity index (χ1v) is 14.9. The maximum Gasteiger partial charge on any atom is 0.264 e. The molecule has 3 aromatic carbocycles. The standard InChI is InChI=1S/C31H39N3O4S/c1-5-7-20-32-31(36)25(4)33(22-27-13-11-12-24(3)21-27)30(35)23-34(28-18-16-26(6-2)17-19-28)39(37,38)29-14-9-8-10-15-29/h8-19,21,25H,5-7,20,22-23H2,1-4H3,(H,32,36). The van der Waals surface area contributed by atoms with Gasteiger partial charge < -0.3 is 10.2 Å². The summed E-state index contributed by atoms with van der Waals surface area (Å²) in [6, 6.07) is 22.2. The summed E-state index contributed by atoms with van der Waals surface area (Å²) in [4.78, 5) is 28.5. The Balaban J connectivity index is 1.99. The van der Waals surface area contributed by atoms with E-state index < -0.39 is 28.5 Å². The third kappa shape index (κ3) is 7.93. The number of unbranched alkanes of at least 4 members (excludes halogenated alkanes) is 1. The minimum absolute atomic E-state index is 0.0907. The van der Waals surface area contributed by atoms with Crippen molar-refractivity contribution in [1.29, 1.82) is 0 Å². The summed E-state index contributed by atoms with van der Waals surface area (Å²) in [6.07, 6.45) is 2.57. The Morgan fingerprint density at radius 3 is 2.21 bits per heavy atom. The lowest BCUT2D eigenvalue weighted by Crippen LogP contribution is -2.51. The van der Waals surface area contributed by atoms with Crippen LogP contribution in [0.4, 0.5) is 5.69 Å². The Bertz CT molecular complexity index is 1340. The molecule has 39 heavy (non-hydrogen) atoms. The fourth-order valence-electron chi connectivity index (χ4n) is 4.27. The molecular weight excluding hydrogens is 510 g/mol. The molecule has 0 bridgehead atoms. The molecule has 2 amide bonds. The molecule has 0 aromatic heterocycles. The molecule has 1 atom stereocenters. The molecule has 0 aliphatic carbocycles. The highest BCUT2D eigenvalue weighted by molar-refractivity contribution is 7.92. The van der Waals surface area contributed by atoms with Crippen LogP contribution < -0.4 is 9.62 Å². The number of carbonyl (C=O) groups is 2. The van der Waals surface area contributed by atoms with Crippen molar-refractivity contribution in [3.8, 4) is 0 Å². The van der Waals surface area contributed by atoms with Crippen molar-refractivity contribution in [2.75, 3.05) is 17.4 Å². The lowest BCUT2D eigenvalue weighted by atomic mass is 10.1. The normalized spacial score (nSPS) is 12.0. The second kappa shape index (κ2) is 13.9. The van der Waals surface area contributed by atoms with E-state index in [0.717, 1.165) is 40.3 Å². The Morgan fingerprint density at radius 1 is 0.897 bits per heavy atom. The summed E-state index contributed by atoms with van der Waals surface area (Å²) in [5.74, 6) is -0.733. The molecule has 3 rings (SSSR count). The second-order valence-electron chi connectivity index (χ2n) is 9.68. The number of hydrogen-bond acceptors (Lipinski definition) is 4. The van der Waals surface area contributed by atoms with Crippen LogP contribution in [-0.4, -0.2) is 44.3 Å². The topological polar surface area (TPSA) is 86.8 Å². The van der Waals surface area contributed by atoms with Gasteiger partial charge >= 0.3 is 0 Å². The van der Waals surface area contributed by atoms with E-state index in [2.05, 4.69) is 5.32 Å². The highest BCUT2D eigenvalue weighted by Crippen LogP contribution is 2.25. The highest BCUT2D eigenvalue weighted by atomic mass is 32.2. The number of aryl methyl sites for hydroxylation is 2. The van der Waals surface area contributed by atoms with Gasteiger partial charge in [0.25, 0.3) is 10.0 Å². The Kier molecular flexibility index (Phi) is 10.7. The van der Waals surface area contributed by atoms with Gasteiger partial charge in [0.2, 0.25) is 11.8 Å². The third-order valence-corrected chi connectivity index (χ3v) is 8.46. The minimum atomic E-state index is -4.06. The number of rotatable bonds is 13. The van der Waals surface area contributed by atoms with Gasteiger partial charge in [0.15, 0.2) is 0 Å². The lowest BCUT2D eigenvalue weighted by Gasteiger charge is -2.32. The van der Waals surface area contributed by atoms with E-state index in [1.54, 1.807) is 37.3 Å². The fraction of sp³-hybridized carbons (Fsp3) is 0.355. The average molecular weight is 550 g/mol. The van der Waals surface area contributed by atoms with Crippen LogP contribution in [0.5, 0.6) is 0 Å². The smallest absolute Gasteiger partial charge is 0.264 e. The molecule has 8 heteroatoms. The monoisotopic (exact) mass is 549 g/mol. The summed E-state index contributed by atoms with van der Waals surface area (Å²) in [5, 5.41) is 2.90. The van der Waals surface area contributed by atoms with Crippen molar-refractivity contribution in [3.05, 3.63) is 95.6 Å². The summed E-state index contributed by atoms with van der Waals surface area (Å²) >= 11 is 0. The van der Waals surface area contributed by atoms with Crippen LogP contribution in [-0.2, 0) is 32.6 Å². The minimum Gasteiger partial charge on any atom is -0.354 e. The Hall–Kier alpha value is -3.65. The number of amides is 2. The van der Waals surface area contributed by atoms with Crippen molar-refractivity contribution >= 4 is 27.5 Å². The first-order valence-electron chi connectivity index (χ1n) is 13.5. The molecule has 1 unspecified atom stereocenters. The number of nitrogens with one attached hydrogen (secondary N) is 1. The summed E-state index contributed by atoms with van der Waals surface area (Å²) < 4.78 is 28.7. The van der Waals surface area contributed by atoms with Gasteiger partial charge in [-0.15, -0.1) is 0 Å². The average Bonchev–Trinajstić information content (AvgIpc) is 2.94. The molecule has 0 saturated heterocycles. The molecule has 0 radical (unpaired) electrons. The van der Waals surface area contributed by atoms with Crippen LogP contribution in [0.2, 0.25) is 0 Å². The lowest BCUT2D eigenvalue weighted by molar-refractivity contribution is -0.139. The zero-order valence-corrected chi connectivity index (χ0v) is 24.1. The summed E-state index contributed by atoms with van der Waals surface area (Å²) in [6.45, 7) is 7.96. The van der Waals surface area contributed by atoms with Gasteiger partial charge in [-0.2, -0.15) is 0 Å². The largest absolute Gasteiger partial charge is 0.354 e. The zero-order valence-electron chi connectivity index (χ0n) is 23.3. The van der Waals surface area contributed by atoms with E-state index in [9.17, 15) is 18.0 Å². The predicted molar refractivity (Wildman–Crippen MR) is 156 cm³/mol. The highest BCUT2D eigenvalue weighted by Gasteiger charge is 2.32. The maximum atomic E-state index is 13.9. The molecule has 0 spiro atoms. The van der Waals surface area contributed by atoms with Gasteiger partial charge in [0.1, 0.15) is 12.6 Å². The number of anilines is 1. The molecule has 0 aliphatic heterocycles. The molecule has 208 valence electrons. The van der Waals surface area contributed by atoms with Gasteiger partial charge in [0, 0.05) is 13.1 Å². The number of hydrogen-bond donors (Lipinski definition) is 1. The van der Waals surface area contributed by atoms with E-state index in [-0.39, 0.29) is 17.3 Å². The molecular formula is C31H39N3O4S. The molecule has 0 fully saturated rings. The van der Waals surface area contributed by atoms with Gasteiger partial charge in [-0.05, 0) is 62.1 Å². The quantitative estimate of drug-likeness (QED) is 0.301. The van der Waals surface area contributed by atoms with Gasteiger partial charge in [-0.1, -0.05) is 80.4 Å². The van der Waals surface area contributed by atoms with Gasteiger partial charge in [-0.3, -0.25) is 13.9 Å². The SMILES string of the molecule is CCCCNC(=O)C(C)N(Cc1cccc(C)c1)C(=O)CN(c1ccc(CC)cc1)S(=O)(=O)c1ccccc1. The molecule has 0 heterocycles. The van der Waals surface area contributed by atoms with Crippen molar-refractivity contribution in [2.24, 2.45) is 0 Å². The van der Waals surface area contributed by atoms with E-state index in [1.807, 2.05) is 57.2 Å². The molecule has 0 aliphatic rings.